The van der Waals surface area contributed by atoms with Gasteiger partial charge in [-0.15, -0.1) is 0 Å². The number of hydrogen-bond acceptors (Lipinski definition) is 2. The topological polar surface area (TPSA) is 26.3 Å². The number of ether oxygens (including phenoxy) is 1. The molecule has 3 aromatic carbocycles. The van der Waals surface area contributed by atoms with Crippen LogP contribution in [0.2, 0.25) is 0 Å². The van der Waals surface area contributed by atoms with Crippen LogP contribution in [0.5, 0.6) is 5.75 Å². The van der Waals surface area contributed by atoms with E-state index >= 15 is 0 Å². The zero-order chi connectivity index (χ0) is 17.2. The molecule has 3 heteroatoms. The lowest BCUT2D eigenvalue weighted by molar-refractivity contribution is 0.0963. The maximum atomic E-state index is 14.1. The molecule has 0 saturated carbocycles. The number of carbonyl (C=O) groups excluding carboxylic acids is 1. The summed E-state index contributed by atoms with van der Waals surface area (Å²) in [7, 11) is 0. The van der Waals surface area contributed by atoms with Crippen molar-refractivity contribution in [1.29, 1.82) is 0 Å². The van der Waals surface area contributed by atoms with E-state index in [1.54, 1.807) is 42.5 Å². The summed E-state index contributed by atoms with van der Waals surface area (Å²) in [5.74, 6) is 0.0412. The second-order valence-electron chi connectivity index (χ2n) is 5.86. The largest absolute Gasteiger partial charge is 0.480 e. The maximum absolute atomic E-state index is 14.1. The van der Waals surface area contributed by atoms with Gasteiger partial charge in [0.15, 0.2) is 11.9 Å². The van der Waals surface area contributed by atoms with Crippen molar-refractivity contribution in [3.8, 4) is 5.75 Å². The number of hydrogen-bond donors (Lipinski definition) is 0. The second-order valence-corrected chi connectivity index (χ2v) is 5.86. The van der Waals surface area contributed by atoms with E-state index in [1.165, 1.54) is 6.07 Å². The van der Waals surface area contributed by atoms with Crippen molar-refractivity contribution in [3.05, 3.63) is 107 Å². The maximum Gasteiger partial charge on any atom is 0.196 e. The van der Waals surface area contributed by atoms with Crippen molar-refractivity contribution in [2.75, 3.05) is 0 Å². The van der Waals surface area contributed by atoms with Gasteiger partial charge >= 0.3 is 0 Å². The summed E-state index contributed by atoms with van der Waals surface area (Å²) in [6, 6.07) is 23.0. The number of Topliss-reactive ketones (excluding diaryl/α,β-unsaturated/α-hetero) is 1. The van der Waals surface area contributed by atoms with E-state index < -0.39 is 6.10 Å². The monoisotopic (exact) mass is 330 g/mol. The lowest BCUT2D eigenvalue weighted by Gasteiger charge is -2.28. The first-order valence-electron chi connectivity index (χ1n) is 8.05. The molecule has 0 saturated heterocycles. The predicted molar refractivity (Wildman–Crippen MR) is 95.0 cm³/mol. The Morgan fingerprint density at radius 1 is 0.840 bits per heavy atom. The predicted octanol–water partition coefficient (Wildman–Crippen LogP) is 5.23. The highest BCUT2D eigenvalue weighted by molar-refractivity contribution is 6.14. The van der Waals surface area contributed by atoms with Crippen LogP contribution in [0.3, 0.4) is 0 Å². The van der Waals surface area contributed by atoms with Crippen LogP contribution in [0.15, 0.2) is 84.4 Å². The van der Waals surface area contributed by atoms with E-state index in [0.717, 1.165) is 5.56 Å². The van der Waals surface area contributed by atoms with Crippen LogP contribution in [0.4, 0.5) is 4.39 Å². The van der Waals surface area contributed by atoms with E-state index in [1.807, 2.05) is 36.4 Å². The fourth-order valence-electron chi connectivity index (χ4n) is 3.00. The Morgan fingerprint density at radius 3 is 2.32 bits per heavy atom. The van der Waals surface area contributed by atoms with Crippen molar-refractivity contribution in [2.45, 2.75) is 6.10 Å². The first-order chi connectivity index (χ1) is 12.2. The molecular formula is C22H15FO2. The average Bonchev–Trinajstić information content (AvgIpc) is 2.66. The number of halogens is 1. The number of carbonyl (C=O) groups is 1. The summed E-state index contributed by atoms with van der Waals surface area (Å²) in [6.07, 6.45) is 1.02. The number of rotatable bonds is 2. The zero-order valence-electron chi connectivity index (χ0n) is 13.4. The van der Waals surface area contributed by atoms with Gasteiger partial charge in [0.25, 0.3) is 0 Å². The SMILES string of the molecule is O=C1/C(=C/c2ccccc2F)C(c2ccccc2)Oc2ccccc21. The Hall–Kier alpha value is -3.20. The normalized spacial score (nSPS) is 17.9. The summed E-state index contributed by atoms with van der Waals surface area (Å²) in [5, 5.41) is 0. The Labute approximate surface area is 145 Å². The van der Waals surface area contributed by atoms with Gasteiger partial charge in [0.1, 0.15) is 11.6 Å². The fourth-order valence-corrected chi connectivity index (χ4v) is 3.00. The highest BCUT2D eigenvalue weighted by Crippen LogP contribution is 2.39. The van der Waals surface area contributed by atoms with E-state index in [4.69, 9.17) is 4.74 Å². The van der Waals surface area contributed by atoms with Gasteiger partial charge in [0.05, 0.1) is 5.56 Å². The van der Waals surface area contributed by atoms with Gasteiger partial charge in [-0.3, -0.25) is 4.79 Å². The van der Waals surface area contributed by atoms with Gasteiger partial charge in [0, 0.05) is 11.1 Å². The molecule has 122 valence electrons. The fraction of sp³-hybridized carbons (Fsp3) is 0.0455. The molecule has 1 aliphatic heterocycles. The Balaban J connectivity index is 1.89. The molecule has 3 aromatic rings. The molecule has 0 bridgehead atoms. The molecule has 1 unspecified atom stereocenters. The molecule has 1 heterocycles. The van der Waals surface area contributed by atoms with Crippen LogP contribution in [-0.2, 0) is 0 Å². The molecule has 1 aliphatic rings. The Bertz CT molecular complexity index is 961. The van der Waals surface area contributed by atoms with Gasteiger partial charge in [-0.05, 0) is 29.8 Å². The van der Waals surface area contributed by atoms with E-state index in [9.17, 15) is 9.18 Å². The van der Waals surface area contributed by atoms with Crippen LogP contribution in [-0.4, -0.2) is 5.78 Å². The molecule has 0 spiro atoms. The number of para-hydroxylation sites is 1. The van der Waals surface area contributed by atoms with Crippen LogP contribution in [0, 0.1) is 5.82 Å². The second kappa shape index (κ2) is 6.36. The summed E-state index contributed by atoms with van der Waals surface area (Å²) in [4.78, 5) is 13.0. The zero-order valence-corrected chi connectivity index (χ0v) is 13.4. The lowest BCUT2D eigenvalue weighted by Crippen LogP contribution is -2.23. The van der Waals surface area contributed by atoms with Gasteiger partial charge in [0.2, 0.25) is 0 Å². The van der Waals surface area contributed by atoms with Crippen LogP contribution in [0.25, 0.3) is 6.08 Å². The lowest BCUT2D eigenvalue weighted by atomic mass is 9.89. The Kier molecular flexibility index (Phi) is 3.90. The molecular weight excluding hydrogens is 315 g/mol. The molecule has 0 aliphatic carbocycles. The molecule has 0 radical (unpaired) electrons. The molecule has 1 atom stereocenters. The molecule has 4 rings (SSSR count). The molecule has 2 nitrogen and oxygen atoms in total. The van der Waals surface area contributed by atoms with Crippen molar-refractivity contribution in [3.63, 3.8) is 0 Å². The molecule has 0 aromatic heterocycles. The average molecular weight is 330 g/mol. The van der Waals surface area contributed by atoms with E-state index in [2.05, 4.69) is 0 Å². The number of fused-ring (bicyclic) bond motifs is 1. The van der Waals surface area contributed by atoms with Crippen LogP contribution >= 0.6 is 0 Å². The third-order valence-corrected chi connectivity index (χ3v) is 4.24. The van der Waals surface area contributed by atoms with Gasteiger partial charge in [-0.25, -0.2) is 4.39 Å². The third kappa shape index (κ3) is 2.85. The van der Waals surface area contributed by atoms with Crippen LogP contribution in [0.1, 0.15) is 27.6 Å². The summed E-state index contributed by atoms with van der Waals surface area (Å²) < 4.78 is 20.2. The molecule has 0 amide bonds. The quantitative estimate of drug-likeness (QED) is 0.602. The van der Waals surface area contributed by atoms with Crippen molar-refractivity contribution < 1.29 is 13.9 Å². The minimum Gasteiger partial charge on any atom is -0.480 e. The van der Waals surface area contributed by atoms with Gasteiger partial charge in [-0.2, -0.15) is 0 Å². The van der Waals surface area contributed by atoms with E-state index in [0.29, 0.717) is 22.4 Å². The smallest absolute Gasteiger partial charge is 0.196 e. The highest BCUT2D eigenvalue weighted by atomic mass is 19.1. The highest BCUT2D eigenvalue weighted by Gasteiger charge is 2.32. The molecule has 0 fully saturated rings. The molecule has 25 heavy (non-hydrogen) atoms. The minimum atomic E-state index is -0.566. The summed E-state index contributed by atoms with van der Waals surface area (Å²) in [6.45, 7) is 0. The third-order valence-electron chi connectivity index (χ3n) is 4.24. The minimum absolute atomic E-state index is 0.140. The first kappa shape index (κ1) is 15.3. The Morgan fingerprint density at radius 2 is 1.52 bits per heavy atom. The summed E-state index contributed by atoms with van der Waals surface area (Å²) in [5.41, 5.74) is 2.15. The summed E-state index contributed by atoms with van der Waals surface area (Å²) >= 11 is 0. The number of ketones is 1. The number of benzene rings is 3. The van der Waals surface area contributed by atoms with Crippen LogP contribution < -0.4 is 4.74 Å². The van der Waals surface area contributed by atoms with Gasteiger partial charge in [-0.1, -0.05) is 60.7 Å². The van der Waals surface area contributed by atoms with Crippen molar-refractivity contribution in [1.82, 2.24) is 0 Å². The van der Waals surface area contributed by atoms with Crippen molar-refractivity contribution in [2.24, 2.45) is 0 Å². The molecule has 0 N–H and O–H groups in total. The van der Waals surface area contributed by atoms with Gasteiger partial charge < -0.3 is 4.74 Å². The first-order valence-corrected chi connectivity index (χ1v) is 8.05. The van der Waals surface area contributed by atoms with Crippen molar-refractivity contribution >= 4 is 11.9 Å². The standard InChI is InChI=1S/C22H15FO2/c23-19-12-6-4-10-16(19)14-18-21(24)17-11-5-7-13-20(17)25-22(18)15-8-2-1-3-9-15/h1-14,22H/b18-14-. The van der Waals surface area contributed by atoms with E-state index in [-0.39, 0.29) is 11.6 Å².